The summed E-state index contributed by atoms with van der Waals surface area (Å²) in [6, 6.07) is 11.2. The Labute approximate surface area is 196 Å². The number of aromatic nitrogens is 4. The fourth-order valence-corrected chi connectivity index (χ4v) is 3.67. The molecule has 0 saturated carbocycles. The van der Waals surface area contributed by atoms with Crippen LogP contribution in [0.4, 0.5) is 9.18 Å². The van der Waals surface area contributed by atoms with Crippen LogP contribution in [0.2, 0.25) is 5.02 Å². The normalized spacial score (nSPS) is 11.6. The first-order valence-corrected chi connectivity index (χ1v) is 10.6. The zero-order valence-corrected chi connectivity index (χ0v) is 18.4. The molecule has 1 unspecified atom stereocenters. The standard InChI is InChI=1S/C20H17ClFN5O5S/c21-14-8-13(22)6-7-17(14)33-19-24-25-26-27(19)10-16(28)15(9-18(29)30)23-20(31)32-11-12-4-2-1-3-5-12/h1-8,15H,9-11H2,(H,23,31)(H,29,30). The molecule has 0 bridgehead atoms. The molecule has 3 aromatic rings. The molecule has 2 N–H and O–H groups in total. The van der Waals surface area contributed by atoms with E-state index in [0.717, 1.165) is 28.1 Å². The van der Waals surface area contributed by atoms with Crippen molar-refractivity contribution in [2.45, 2.75) is 35.7 Å². The Hall–Kier alpha value is -3.51. The summed E-state index contributed by atoms with van der Waals surface area (Å²) in [6.07, 6.45) is -1.60. The average molecular weight is 494 g/mol. The number of hydrogen-bond donors (Lipinski definition) is 2. The van der Waals surface area contributed by atoms with Gasteiger partial charge in [-0.2, -0.15) is 0 Å². The van der Waals surface area contributed by atoms with Gasteiger partial charge in [-0.1, -0.05) is 41.9 Å². The number of benzene rings is 2. The Bertz CT molecular complexity index is 1150. The first-order chi connectivity index (χ1) is 15.8. The van der Waals surface area contributed by atoms with Crippen LogP contribution in [-0.2, 0) is 27.5 Å². The predicted molar refractivity (Wildman–Crippen MR) is 114 cm³/mol. The smallest absolute Gasteiger partial charge is 0.408 e. The highest BCUT2D eigenvalue weighted by Gasteiger charge is 2.26. The minimum Gasteiger partial charge on any atom is -0.481 e. The van der Waals surface area contributed by atoms with Crippen LogP contribution in [0.25, 0.3) is 0 Å². The highest BCUT2D eigenvalue weighted by molar-refractivity contribution is 7.99. The van der Waals surface area contributed by atoms with Crippen LogP contribution >= 0.6 is 23.4 Å². The number of nitrogens with one attached hydrogen (secondary N) is 1. The summed E-state index contributed by atoms with van der Waals surface area (Å²) in [6.45, 7) is -0.474. The lowest BCUT2D eigenvalue weighted by atomic mass is 10.1. The van der Waals surface area contributed by atoms with Crippen molar-refractivity contribution in [2.24, 2.45) is 0 Å². The summed E-state index contributed by atoms with van der Waals surface area (Å²) in [5, 5.41) is 22.7. The molecule has 10 nitrogen and oxygen atoms in total. The van der Waals surface area contributed by atoms with Gasteiger partial charge in [0, 0.05) is 4.90 Å². The first-order valence-electron chi connectivity index (χ1n) is 9.42. The second-order valence-electron chi connectivity index (χ2n) is 6.62. The number of aliphatic carboxylic acids is 1. The molecule has 0 radical (unpaired) electrons. The molecule has 2 aromatic carbocycles. The Morgan fingerprint density at radius 1 is 1.21 bits per heavy atom. The minimum absolute atomic E-state index is 0.0487. The van der Waals surface area contributed by atoms with Crippen LogP contribution < -0.4 is 5.32 Å². The number of rotatable bonds is 10. The van der Waals surface area contributed by atoms with Crippen LogP contribution in [0.3, 0.4) is 0 Å². The molecule has 0 saturated heterocycles. The Morgan fingerprint density at radius 2 is 1.97 bits per heavy atom. The number of ketones is 1. The largest absolute Gasteiger partial charge is 0.481 e. The molecule has 1 aromatic heterocycles. The van der Waals surface area contributed by atoms with Crippen LogP contribution in [0, 0.1) is 5.82 Å². The average Bonchev–Trinajstić information content (AvgIpc) is 3.20. The van der Waals surface area contributed by atoms with Gasteiger partial charge in [-0.25, -0.2) is 13.9 Å². The molecular formula is C20H17ClFN5O5S. The lowest BCUT2D eigenvalue weighted by molar-refractivity contribution is -0.139. The number of carboxylic acids is 1. The highest BCUT2D eigenvalue weighted by Crippen LogP contribution is 2.32. The molecule has 1 amide bonds. The summed E-state index contributed by atoms with van der Waals surface area (Å²) in [7, 11) is 0. The second kappa shape index (κ2) is 11.4. The SMILES string of the molecule is O=C(O)CC(NC(=O)OCc1ccccc1)C(=O)Cn1nnnc1Sc1ccc(F)cc1Cl. The lowest BCUT2D eigenvalue weighted by Gasteiger charge is -2.16. The van der Waals surface area contributed by atoms with Gasteiger partial charge in [-0.15, -0.1) is 5.10 Å². The van der Waals surface area contributed by atoms with Crippen molar-refractivity contribution >= 4 is 41.2 Å². The second-order valence-corrected chi connectivity index (χ2v) is 8.04. The van der Waals surface area contributed by atoms with Crippen molar-refractivity contribution < 1.29 is 28.6 Å². The predicted octanol–water partition coefficient (Wildman–Crippen LogP) is 2.96. The summed E-state index contributed by atoms with van der Waals surface area (Å²) in [4.78, 5) is 36.5. The number of carbonyl (C=O) groups excluding carboxylic acids is 2. The van der Waals surface area contributed by atoms with E-state index in [0.29, 0.717) is 4.90 Å². The van der Waals surface area contributed by atoms with Crippen LogP contribution in [-0.4, -0.2) is 49.2 Å². The first kappa shape index (κ1) is 24.1. The number of alkyl carbamates (subject to hydrolysis) is 1. The third-order valence-corrected chi connectivity index (χ3v) is 5.65. The molecule has 13 heteroatoms. The third-order valence-electron chi connectivity index (χ3n) is 4.17. The van der Waals surface area contributed by atoms with E-state index >= 15 is 0 Å². The molecule has 0 spiro atoms. The number of amides is 1. The fraction of sp³-hybridized carbons (Fsp3) is 0.200. The summed E-state index contributed by atoms with van der Waals surface area (Å²) >= 11 is 7.00. The molecule has 1 atom stereocenters. The van der Waals surface area contributed by atoms with E-state index in [1.165, 1.54) is 12.1 Å². The molecule has 0 aliphatic rings. The molecule has 1 heterocycles. The van der Waals surface area contributed by atoms with Gasteiger partial charge in [0.25, 0.3) is 0 Å². The van der Waals surface area contributed by atoms with Gasteiger partial charge in [0.2, 0.25) is 5.16 Å². The third kappa shape index (κ3) is 7.26. The molecule has 3 rings (SSSR count). The van der Waals surface area contributed by atoms with E-state index in [1.54, 1.807) is 30.3 Å². The van der Waals surface area contributed by atoms with Crippen LogP contribution in [0.15, 0.2) is 58.6 Å². The van der Waals surface area contributed by atoms with Gasteiger partial charge in [0.1, 0.15) is 25.0 Å². The molecule has 0 fully saturated rings. The van der Waals surface area contributed by atoms with E-state index in [-0.39, 0.29) is 16.8 Å². The topological polar surface area (TPSA) is 136 Å². The molecule has 172 valence electrons. The van der Waals surface area contributed by atoms with Gasteiger partial charge in [0.15, 0.2) is 5.78 Å². The number of Topliss-reactive ketones (excluding diaryl/α,β-unsaturated/α-hetero) is 1. The maximum atomic E-state index is 13.2. The number of carbonyl (C=O) groups is 3. The molecule has 33 heavy (non-hydrogen) atoms. The zero-order chi connectivity index (χ0) is 23.8. The van der Waals surface area contributed by atoms with Gasteiger partial charge < -0.3 is 15.2 Å². The van der Waals surface area contributed by atoms with Crippen LogP contribution in [0.1, 0.15) is 12.0 Å². The van der Waals surface area contributed by atoms with Crippen molar-refractivity contribution in [3.8, 4) is 0 Å². The number of tetrazole rings is 1. The number of halogens is 2. The van der Waals surface area contributed by atoms with Gasteiger partial charge in [-0.3, -0.25) is 9.59 Å². The Kier molecular flexibility index (Phi) is 8.33. The number of ether oxygens (including phenoxy) is 1. The van der Waals surface area contributed by atoms with E-state index < -0.39 is 42.7 Å². The van der Waals surface area contributed by atoms with E-state index in [4.69, 9.17) is 21.4 Å². The number of nitrogens with zero attached hydrogens (tertiary/aromatic N) is 4. The van der Waals surface area contributed by atoms with Crippen LogP contribution in [0.5, 0.6) is 0 Å². The molecule has 0 aliphatic carbocycles. The highest BCUT2D eigenvalue weighted by atomic mass is 35.5. The summed E-state index contributed by atoms with van der Waals surface area (Å²) in [5.74, 6) is -2.46. The summed E-state index contributed by atoms with van der Waals surface area (Å²) in [5.41, 5.74) is 0.726. The van der Waals surface area contributed by atoms with E-state index in [1.807, 2.05) is 0 Å². The van der Waals surface area contributed by atoms with E-state index in [9.17, 15) is 18.8 Å². The Morgan fingerprint density at radius 3 is 2.67 bits per heavy atom. The maximum Gasteiger partial charge on any atom is 0.408 e. The lowest BCUT2D eigenvalue weighted by Crippen LogP contribution is -2.44. The fourth-order valence-electron chi connectivity index (χ4n) is 2.61. The Balaban J connectivity index is 1.64. The van der Waals surface area contributed by atoms with Crippen molar-refractivity contribution in [3.05, 3.63) is 64.9 Å². The molecular weight excluding hydrogens is 477 g/mol. The maximum absolute atomic E-state index is 13.2. The number of carboxylic acid groups (broad SMARTS) is 1. The van der Waals surface area contributed by atoms with Gasteiger partial charge in [-0.05, 0) is 46.0 Å². The quantitative estimate of drug-likeness (QED) is 0.436. The zero-order valence-electron chi connectivity index (χ0n) is 16.9. The van der Waals surface area contributed by atoms with Crippen molar-refractivity contribution in [3.63, 3.8) is 0 Å². The van der Waals surface area contributed by atoms with Crippen molar-refractivity contribution in [1.29, 1.82) is 0 Å². The van der Waals surface area contributed by atoms with Crippen molar-refractivity contribution in [2.75, 3.05) is 0 Å². The molecule has 0 aliphatic heterocycles. The van der Waals surface area contributed by atoms with E-state index in [2.05, 4.69) is 20.8 Å². The summed E-state index contributed by atoms with van der Waals surface area (Å²) < 4.78 is 19.4. The van der Waals surface area contributed by atoms with Crippen molar-refractivity contribution in [1.82, 2.24) is 25.5 Å². The van der Waals surface area contributed by atoms with Gasteiger partial charge >= 0.3 is 12.1 Å². The minimum atomic E-state index is -1.37. The number of hydrogen-bond acceptors (Lipinski definition) is 8. The van der Waals surface area contributed by atoms with Gasteiger partial charge in [0.05, 0.1) is 11.4 Å². The monoisotopic (exact) mass is 493 g/mol.